The van der Waals surface area contributed by atoms with Gasteiger partial charge in [-0.25, -0.2) is 8.78 Å². The molecule has 5 rings (SSSR count). The molecule has 0 aromatic heterocycles. The predicted molar refractivity (Wildman–Crippen MR) is 166 cm³/mol. The van der Waals surface area contributed by atoms with E-state index in [9.17, 15) is 8.78 Å². The molecule has 2 atom stereocenters. The summed E-state index contributed by atoms with van der Waals surface area (Å²) in [5.74, 6) is -0.456. The third-order valence-corrected chi connectivity index (χ3v) is 13.6. The molecular weight excluding hydrogens is 522 g/mol. The van der Waals surface area contributed by atoms with Crippen molar-refractivity contribution in [2.24, 2.45) is 0 Å². The predicted octanol–water partition coefficient (Wildman–Crippen LogP) is 10.1. The van der Waals surface area contributed by atoms with E-state index in [1.807, 2.05) is 38.1 Å². The summed E-state index contributed by atoms with van der Waals surface area (Å²) in [6.45, 7) is 7.21. The first-order chi connectivity index (χ1) is 19.2. The molecule has 0 saturated carbocycles. The number of unbranched alkanes of at least 4 members (excludes halogenated alkanes) is 1. The van der Waals surface area contributed by atoms with Gasteiger partial charge in [0.15, 0.2) is 0 Å². The zero-order valence-corrected chi connectivity index (χ0v) is 25.0. The van der Waals surface area contributed by atoms with Gasteiger partial charge in [0.2, 0.25) is 0 Å². The Morgan fingerprint density at radius 1 is 0.667 bits per heavy atom. The molecule has 1 saturated heterocycles. The highest BCUT2D eigenvalue weighted by molar-refractivity contribution is 7.79. The third kappa shape index (κ3) is 7.20. The Labute approximate surface area is 235 Å². The molecule has 0 N–H and O–H groups in total. The average molecular weight is 562 g/mol. The molecule has 1 fully saturated rings. The van der Waals surface area contributed by atoms with Crippen molar-refractivity contribution < 1.29 is 8.78 Å². The zero-order valence-electron chi connectivity index (χ0n) is 23.2. The Hall–Kier alpha value is -2.44. The van der Waals surface area contributed by atoms with Crippen LogP contribution in [0.15, 0.2) is 109 Å². The van der Waals surface area contributed by atoms with Gasteiger partial charge in [-0.1, -0.05) is 112 Å². The van der Waals surface area contributed by atoms with Gasteiger partial charge in [0.05, 0.1) is 0 Å². The second kappa shape index (κ2) is 14.8. The third-order valence-electron chi connectivity index (χ3n) is 7.07. The normalized spacial score (nSPS) is 17.3. The number of benzene rings is 4. The van der Waals surface area contributed by atoms with Gasteiger partial charge in [-0.05, 0) is 73.3 Å². The Bertz CT molecular complexity index is 1160. The molecule has 0 spiro atoms. The summed E-state index contributed by atoms with van der Waals surface area (Å²) in [4.78, 5) is 0. The van der Waals surface area contributed by atoms with Gasteiger partial charge in [-0.3, -0.25) is 4.44 Å². The molecule has 1 aliphatic rings. The van der Waals surface area contributed by atoms with Crippen molar-refractivity contribution in [1.82, 2.24) is 4.44 Å². The minimum Gasteiger partial charge on any atom is -0.251 e. The van der Waals surface area contributed by atoms with Crippen molar-refractivity contribution in [3.63, 3.8) is 0 Å². The maximum atomic E-state index is 14.0. The molecule has 1 aliphatic heterocycles. The van der Waals surface area contributed by atoms with Gasteiger partial charge >= 0.3 is 0 Å². The highest BCUT2D eigenvalue weighted by Gasteiger charge is 2.44. The van der Waals surface area contributed by atoms with Crippen LogP contribution in [0.3, 0.4) is 0 Å². The van der Waals surface area contributed by atoms with Crippen LogP contribution >= 0.6 is 16.1 Å². The number of hydrogen-bond donors (Lipinski definition) is 0. The van der Waals surface area contributed by atoms with E-state index < -0.39 is 16.1 Å². The van der Waals surface area contributed by atoms with Crippen LogP contribution in [0.1, 0.15) is 68.9 Å². The first-order valence-electron chi connectivity index (χ1n) is 14.1. The van der Waals surface area contributed by atoms with Crippen molar-refractivity contribution in [2.45, 2.75) is 57.8 Å². The Kier molecular flexibility index (Phi) is 11.2. The van der Waals surface area contributed by atoms with Crippen molar-refractivity contribution >= 4 is 26.8 Å². The van der Waals surface area contributed by atoms with Gasteiger partial charge in [0.25, 0.3) is 0 Å². The summed E-state index contributed by atoms with van der Waals surface area (Å²) < 4.78 is 30.8. The van der Waals surface area contributed by atoms with Crippen LogP contribution in [-0.4, -0.2) is 11.0 Å². The number of hydrogen-bond acceptors (Lipinski definition) is 1. The quantitative estimate of drug-likeness (QED) is 0.184. The van der Waals surface area contributed by atoms with Gasteiger partial charge in [0.1, 0.15) is 11.6 Å². The summed E-state index contributed by atoms with van der Waals surface area (Å²) in [5.41, 5.74) is 3.71. The minimum atomic E-state index is -0.967. The summed E-state index contributed by atoms with van der Waals surface area (Å²) in [5, 5.41) is 2.24. The molecule has 0 unspecified atom stereocenters. The van der Waals surface area contributed by atoms with Crippen LogP contribution in [-0.2, 0) is 0 Å². The number of halogens is 2. The molecule has 0 aliphatic carbocycles. The summed E-state index contributed by atoms with van der Waals surface area (Å²) >= 11 is 0. The zero-order chi connectivity index (χ0) is 27.6. The van der Waals surface area contributed by atoms with Crippen molar-refractivity contribution in [3.05, 3.63) is 132 Å². The Morgan fingerprint density at radius 2 is 1.08 bits per heavy atom. The van der Waals surface area contributed by atoms with Crippen molar-refractivity contribution in [2.75, 3.05) is 6.54 Å². The fourth-order valence-electron chi connectivity index (χ4n) is 5.31. The first-order valence-corrected chi connectivity index (χ1v) is 16.9. The molecule has 1 heterocycles. The smallest absolute Gasteiger partial charge is 0.123 e. The molecule has 0 radical (unpaired) electrons. The SMILES string of the molecule is CC.CCCCN(P(c1ccc(F)cc1)c1ccc(F)cc1)P1[C@@H](c2ccccc2)CC[C@@H]1c1ccccc1. The molecular formula is C34H39F2NP2. The lowest BCUT2D eigenvalue weighted by atomic mass is 10.0. The molecule has 204 valence electrons. The van der Waals surface area contributed by atoms with E-state index in [4.69, 9.17) is 0 Å². The molecule has 5 heteroatoms. The van der Waals surface area contributed by atoms with E-state index in [0.717, 1.165) is 42.8 Å². The van der Waals surface area contributed by atoms with Crippen LogP contribution < -0.4 is 10.6 Å². The Morgan fingerprint density at radius 3 is 1.46 bits per heavy atom. The fourth-order valence-corrected chi connectivity index (χ4v) is 12.8. The fraction of sp³-hybridized carbons (Fsp3) is 0.294. The van der Waals surface area contributed by atoms with E-state index in [1.54, 1.807) is 24.3 Å². The second-order valence-electron chi connectivity index (χ2n) is 9.52. The van der Waals surface area contributed by atoms with Gasteiger partial charge in [0, 0.05) is 25.9 Å². The summed E-state index contributed by atoms with van der Waals surface area (Å²) in [6, 6.07) is 35.9. The topological polar surface area (TPSA) is 3.24 Å². The van der Waals surface area contributed by atoms with E-state index in [1.165, 1.54) is 11.1 Å². The maximum absolute atomic E-state index is 14.0. The van der Waals surface area contributed by atoms with E-state index in [2.05, 4.69) is 72.0 Å². The summed E-state index contributed by atoms with van der Waals surface area (Å²) in [6.07, 6.45) is 4.48. The lowest BCUT2D eigenvalue weighted by molar-refractivity contribution is 0.626. The number of rotatable bonds is 9. The van der Waals surface area contributed by atoms with Crippen LogP contribution in [0.25, 0.3) is 0 Å². The van der Waals surface area contributed by atoms with Crippen LogP contribution in [0.4, 0.5) is 8.78 Å². The molecule has 4 aromatic carbocycles. The second-order valence-corrected chi connectivity index (χ2v) is 14.5. The van der Waals surface area contributed by atoms with Gasteiger partial charge in [-0.2, -0.15) is 0 Å². The van der Waals surface area contributed by atoms with Crippen molar-refractivity contribution in [3.8, 4) is 0 Å². The van der Waals surface area contributed by atoms with Crippen LogP contribution in [0.5, 0.6) is 0 Å². The lowest BCUT2D eigenvalue weighted by Gasteiger charge is -2.42. The molecule has 1 nitrogen and oxygen atoms in total. The van der Waals surface area contributed by atoms with Gasteiger partial charge in [-0.15, -0.1) is 0 Å². The Balaban J connectivity index is 0.00000172. The van der Waals surface area contributed by atoms with Crippen LogP contribution in [0.2, 0.25) is 0 Å². The molecule has 39 heavy (non-hydrogen) atoms. The van der Waals surface area contributed by atoms with Gasteiger partial charge < -0.3 is 0 Å². The van der Waals surface area contributed by atoms with Crippen molar-refractivity contribution in [1.29, 1.82) is 0 Å². The van der Waals surface area contributed by atoms with E-state index >= 15 is 0 Å². The molecule has 0 bridgehead atoms. The standard InChI is InChI=1S/C32H33F2NP2.C2H6/c1-2-3-24-35(36(29-18-14-27(33)15-19-29)30-20-16-28(34)17-21-30)37-31(25-10-6-4-7-11-25)22-23-32(37)26-12-8-5-9-13-26;1-2/h4-21,31-32H,2-3,22-24H2,1H3;1-2H3/t31-,32-;/m1./s1. The summed E-state index contributed by atoms with van der Waals surface area (Å²) in [7, 11) is -1.59. The monoisotopic (exact) mass is 561 g/mol. The van der Waals surface area contributed by atoms with E-state index in [-0.39, 0.29) is 11.6 Å². The average Bonchev–Trinajstić information content (AvgIpc) is 3.44. The lowest BCUT2D eigenvalue weighted by Crippen LogP contribution is -2.28. The highest BCUT2D eigenvalue weighted by Crippen LogP contribution is 2.76. The number of nitrogens with zero attached hydrogens (tertiary/aromatic N) is 1. The first kappa shape index (κ1) is 29.5. The largest absolute Gasteiger partial charge is 0.251 e. The van der Waals surface area contributed by atoms with Crippen LogP contribution in [0, 0.1) is 11.6 Å². The minimum absolute atomic E-state index is 0.228. The maximum Gasteiger partial charge on any atom is 0.123 e. The highest BCUT2D eigenvalue weighted by atomic mass is 31.2. The molecule has 4 aromatic rings. The van der Waals surface area contributed by atoms with E-state index in [0.29, 0.717) is 11.3 Å². The molecule has 0 amide bonds.